The van der Waals surface area contributed by atoms with Crippen molar-refractivity contribution in [2.45, 2.75) is 51.4 Å². The highest BCUT2D eigenvalue weighted by atomic mass is 14.7. The maximum Gasteiger partial charge on any atom is -0.0235 e. The zero-order valence-electron chi connectivity index (χ0n) is 7.31. The predicted octanol–water partition coefficient (Wildman–Crippen LogP) is 3.37. The third kappa shape index (κ3) is 0.816. The van der Waals surface area contributed by atoms with Gasteiger partial charge in [0.25, 0.3) is 0 Å². The van der Waals surface area contributed by atoms with E-state index in [2.05, 4.69) is 0 Å². The van der Waals surface area contributed by atoms with E-state index < -0.39 is 0 Å². The van der Waals surface area contributed by atoms with Crippen LogP contribution in [0.25, 0.3) is 0 Å². The van der Waals surface area contributed by atoms with Crippen molar-refractivity contribution in [3.8, 4) is 0 Å². The van der Waals surface area contributed by atoms with E-state index in [1.165, 1.54) is 24.7 Å². The summed E-state index contributed by atoms with van der Waals surface area (Å²) < 4.78 is 0. The lowest BCUT2D eigenvalue weighted by Crippen LogP contribution is -1.90. The standard InChI is InChI=1S/C11H18/c1-2-4-6-10-9(5-3-1)11(10)7-8-11/h9-10H,1-8H2/t9-,10-/m1/s1. The van der Waals surface area contributed by atoms with Gasteiger partial charge in [-0.2, -0.15) is 0 Å². The molecule has 0 heteroatoms. The van der Waals surface area contributed by atoms with Crippen LogP contribution in [0.1, 0.15) is 51.4 Å². The largest absolute Gasteiger partial charge is 0.0533 e. The molecule has 0 nitrogen and oxygen atoms in total. The molecule has 62 valence electrons. The van der Waals surface area contributed by atoms with Crippen molar-refractivity contribution in [2.75, 3.05) is 0 Å². The molecule has 3 aliphatic carbocycles. The Morgan fingerprint density at radius 2 is 1.27 bits per heavy atom. The molecule has 0 aromatic rings. The third-order valence-corrected chi connectivity index (χ3v) is 4.46. The molecule has 0 aromatic carbocycles. The molecule has 0 N–H and O–H groups in total. The summed E-state index contributed by atoms with van der Waals surface area (Å²) in [5, 5.41) is 0. The van der Waals surface area contributed by atoms with Crippen molar-refractivity contribution >= 4 is 0 Å². The van der Waals surface area contributed by atoms with Gasteiger partial charge in [-0.3, -0.25) is 0 Å². The minimum absolute atomic E-state index is 0.977. The molecule has 3 saturated carbocycles. The van der Waals surface area contributed by atoms with Gasteiger partial charge in [0.05, 0.1) is 0 Å². The van der Waals surface area contributed by atoms with E-state index in [1.807, 2.05) is 0 Å². The van der Waals surface area contributed by atoms with Gasteiger partial charge in [-0.05, 0) is 42.9 Å². The lowest BCUT2D eigenvalue weighted by Gasteiger charge is -2.05. The van der Waals surface area contributed by atoms with Gasteiger partial charge >= 0.3 is 0 Å². The van der Waals surface area contributed by atoms with E-state index in [4.69, 9.17) is 0 Å². The molecule has 0 bridgehead atoms. The molecule has 0 saturated heterocycles. The Morgan fingerprint density at radius 1 is 0.727 bits per heavy atom. The van der Waals surface area contributed by atoms with Gasteiger partial charge < -0.3 is 0 Å². The first-order chi connectivity index (χ1) is 5.43. The smallest absolute Gasteiger partial charge is 0.0235 e. The zero-order chi connectivity index (χ0) is 7.31. The normalized spacial score (nSPS) is 45.8. The molecule has 1 spiro atoms. The summed E-state index contributed by atoms with van der Waals surface area (Å²) in [6.07, 6.45) is 12.5. The number of hydrogen-bond acceptors (Lipinski definition) is 0. The maximum absolute atomic E-state index is 1.60. The Balaban J connectivity index is 1.70. The monoisotopic (exact) mass is 150 g/mol. The molecule has 3 aliphatic rings. The second-order valence-electron chi connectivity index (χ2n) is 4.94. The van der Waals surface area contributed by atoms with Crippen molar-refractivity contribution < 1.29 is 0 Å². The van der Waals surface area contributed by atoms with Gasteiger partial charge in [0.15, 0.2) is 0 Å². The minimum atomic E-state index is 0.977. The van der Waals surface area contributed by atoms with Crippen molar-refractivity contribution in [1.82, 2.24) is 0 Å². The Labute approximate surface area is 69.4 Å². The third-order valence-electron chi connectivity index (χ3n) is 4.46. The lowest BCUT2D eigenvalue weighted by atomic mass is 10.0. The number of rotatable bonds is 0. The fraction of sp³-hybridized carbons (Fsp3) is 1.00. The summed E-state index contributed by atoms with van der Waals surface area (Å²) in [5.74, 6) is 2.42. The highest BCUT2D eigenvalue weighted by Crippen LogP contribution is 2.77. The van der Waals surface area contributed by atoms with E-state index in [1.54, 1.807) is 38.5 Å². The summed E-state index contributed by atoms with van der Waals surface area (Å²) >= 11 is 0. The molecule has 3 fully saturated rings. The molecule has 3 rings (SSSR count). The predicted molar refractivity (Wildman–Crippen MR) is 46.3 cm³/mol. The van der Waals surface area contributed by atoms with E-state index in [9.17, 15) is 0 Å². The maximum atomic E-state index is 1.60. The van der Waals surface area contributed by atoms with Crippen LogP contribution in [0.15, 0.2) is 0 Å². The van der Waals surface area contributed by atoms with Crippen molar-refractivity contribution in [3.63, 3.8) is 0 Å². The molecule has 0 heterocycles. The van der Waals surface area contributed by atoms with Gasteiger partial charge in [0.2, 0.25) is 0 Å². The van der Waals surface area contributed by atoms with E-state index in [0.29, 0.717) is 0 Å². The summed E-state index contributed by atoms with van der Waals surface area (Å²) in [6, 6.07) is 0. The van der Waals surface area contributed by atoms with Crippen LogP contribution in [0, 0.1) is 17.3 Å². The molecule has 0 amide bonds. The van der Waals surface area contributed by atoms with Crippen LogP contribution in [0.3, 0.4) is 0 Å². The minimum Gasteiger partial charge on any atom is -0.0533 e. The van der Waals surface area contributed by atoms with Gasteiger partial charge in [-0.1, -0.05) is 25.7 Å². The highest BCUT2D eigenvalue weighted by Gasteiger charge is 2.69. The molecule has 0 aromatic heterocycles. The molecular weight excluding hydrogens is 132 g/mol. The number of fused-ring (bicyclic) bond motifs is 3. The Bertz CT molecular complexity index is 151. The van der Waals surface area contributed by atoms with Crippen molar-refractivity contribution in [2.24, 2.45) is 17.3 Å². The van der Waals surface area contributed by atoms with Crippen LogP contribution in [0.4, 0.5) is 0 Å². The second-order valence-corrected chi connectivity index (χ2v) is 4.94. The molecule has 0 aliphatic heterocycles. The Kier molecular flexibility index (Phi) is 1.20. The first kappa shape index (κ1) is 6.51. The summed E-state index contributed by atoms with van der Waals surface area (Å²) in [4.78, 5) is 0. The average molecular weight is 150 g/mol. The fourth-order valence-corrected chi connectivity index (χ4v) is 3.62. The first-order valence-electron chi connectivity index (χ1n) is 5.43. The first-order valence-corrected chi connectivity index (χ1v) is 5.43. The molecule has 0 radical (unpaired) electrons. The van der Waals surface area contributed by atoms with Gasteiger partial charge in [-0.25, -0.2) is 0 Å². The van der Waals surface area contributed by atoms with Crippen LogP contribution in [0.5, 0.6) is 0 Å². The lowest BCUT2D eigenvalue weighted by molar-refractivity contribution is 0.485. The van der Waals surface area contributed by atoms with Gasteiger partial charge in [0, 0.05) is 0 Å². The quantitative estimate of drug-likeness (QED) is 0.496. The number of hydrogen-bond donors (Lipinski definition) is 0. The average Bonchev–Trinajstić information content (AvgIpc) is 2.76. The van der Waals surface area contributed by atoms with Gasteiger partial charge in [0.1, 0.15) is 0 Å². The summed E-state index contributed by atoms with van der Waals surface area (Å²) in [6.45, 7) is 0. The topological polar surface area (TPSA) is 0 Å². The molecule has 2 atom stereocenters. The summed E-state index contributed by atoms with van der Waals surface area (Å²) in [7, 11) is 0. The second kappa shape index (κ2) is 2.02. The van der Waals surface area contributed by atoms with Crippen LogP contribution in [0.2, 0.25) is 0 Å². The van der Waals surface area contributed by atoms with Crippen LogP contribution < -0.4 is 0 Å². The van der Waals surface area contributed by atoms with Crippen LogP contribution in [-0.2, 0) is 0 Å². The van der Waals surface area contributed by atoms with E-state index in [0.717, 1.165) is 5.41 Å². The molecule has 11 heavy (non-hydrogen) atoms. The van der Waals surface area contributed by atoms with E-state index in [-0.39, 0.29) is 0 Å². The van der Waals surface area contributed by atoms with Gasteiger partial charge in [-0.15, -0.1) is 0 Å². The van der Waals surface area contributed by atoms with Crippen molar-refractivity contribution in [3.05, 3.63) is 0 Å². The van der Waals surface area contributed by atoms with Crippen molar-refractivity contribution in [1.29, 1.82) is 0 Å². The van der Waals surface area contributed by atoms with Crippen LogP contribution >= 0.6 is 0 Å². The Morgan fingerprint density at radius 3 is 1.73 bits per heavy atom. The van der Waals surface area contributed by atoms with Crippen LogP contribution in [-0.4, -0.2) is 0 Å². The fourth-order valence-electron chi connectivity index (χ4n) is 3.62. The highest BCUT2D eigenvalue weighted by molar-refractivity contribution is 5.18. The Hall–Kier alpha value is 0. The molecule has 0 unspecified atom stereocenters. The SMILES string of the molecule is C1CCC[C@@H]2[C@@H](CC1)C21CC1. The zero-order valence-corrected chi connectivity index (χ0v) is 7.31. The molecular formula is C11H18. The summed E-state index contributed by atoms with van der Waals surface area (Å²) in [5.41, 5.74) is 0.977. The van der Waals surface area contributed by atoms with E-state index >= 15 is 0 Å².